The third kappa shape index (κ3) is 1.30. The second-order valence-electron chi connectivity index (χ2n) is 3.06. The zero-order chi connectivity index (χ0) is 10.1. The number of hydrogen-bond donors (Lipinski definition) is 2. The van der Waals surface area contributed by atoms with Gasteiger partial charge in [0.15, 0.2) is 6.23 Å². The monoisotopic (exact) mass is 200 g/mol. The molecule has 0 aromatic rings. The van der Waals surface area contributed by atoms with Gasteiger partial charge in [-0.25, -0.2) is 9.69 Å². The molecule has 0 aromatic carbocycles. The van der Waals surface area contributed by atoms with Crippen molar-refractivity contribution in [3.05, 3.63) is 0 Å². The van der Waals surface area contributed by atoms with Crippen molar-refractivity contribution in [1.29, 1.82) is 0 Å². The molecule has 2 aliphatic heterocycles. The summed E-state index contributed by atoms with van der Waals surface area (Å²) in [4.78, 5) is 17.6. The van der Waals surface area contributed by atoms with Crippen LogP contribution in [0.4, 0.5) is 4.79 Å². The molecule has 14 heavy (non-hydrogen) atoms. The molecule has 0 spiro atoms. The molecule has 2 N–H and O–H groups in total. The molecule has 2 aliphatic rings. The van der Waals surface area contributed by atoms with Crippen LogP contribution in [0, 0.1) is 0 Å². The fraction of sp³-hybridized carbons (Fsp3) is 0.714. The van der Waals surface area contributed by atoms with Gasteiger partial charge in [0.05, 0.1) is 13.7 Å². The maximum Gasteiger partial charge on any atom is 0.351 e. The number of β-amino-alcohol motifs (C(OH)–C–C–N with tert-alkyl or cyclic N) is 1. The molecule has 2 heterocycles. The Morgan fingerprint density at radius 1 is 1.71 bits per heavy atom. The van der Waals surface area contributed by atoms with Crippen LogP contribution in [0.5, 0.6) is 0 Å². The van der Waals surface area contributed by atoms with E-state index >= 15 is 0 Å². The van der Waals surface area contributed by atoms with Gasteiger partial charge in [-0.05, 0) is 0 Å². The van der Waals surface area contributed by atoms with Crippen LogP contribution in [0.3, 0.4) is 0 Å². The van der Waals surface area contributed by atoms with E-state index < -0.39 is 6.23 Å². The molecule has 0 aromatic heterocycles. The van der Waals surface area contributed by atoms with E-state index in [1.165, 1.54) is 12.0 Å². The maximum atomic E-state index is 11.6. The van der Waals surface area contributed by atoms with Crippen molar-refractivity contribution >= 4 is 11.9 Å². The van der Waals surface area contributed by atoms with Crippen molar-refractivity contribution in [3.8, 4) is 0 Å². The summed E-state index contributed by atoms with van der Waals surface area (Å²) in [5.74, 6) is 0.557. The highest BCUT2D eigenvalue weighted by Gasteiger charge is 2.40. The van der Waals surface area contributed by atoms with Crippen molar-refractivity contribution in [2.24, 2.45) is 5.10 Å². The van der Waals surface area contributed by atoms with Gasteiger partial charge in [0.25, 0.3) is 0 Å². The Hall–Kier alpha value is -1.34. The molecule has 0 saturated carbocycles. The number of hydrazone groups is 1. The minimum Gasteiger partial charge on any atom is -0.371 e. The minimum atomic E-state index is -0.874. The Bertz CT molecular complexity index is 280. The predicted octanol–water partition coefficient (Wildman–Crippen LogP) is -1.09. The summed E-state index contributed by atoms with van der Waals surface area (Å²) in [6.07, 6.45) is -0.235. The zero-order valence-corrected chi connectivity index (χ0v) is 7.80. The lowest BCUT2D eigenvalue weighted by Gasteiger charge is -2.17. The highest BCUT2D eigenvalue weighted by Crippen LogP contribution is 2.17. The number of carbonyl (C=O) groups is 1. The first-order valence-corrected chi connectivity index (χ1v) is 4.36. The summed E-state index contributed by atoms with van der Waals surface area (Å²) < 4.78 is 0. The van der Waals surface area contributed by atoms with Gasteiger partial charge in [0.1, 0.15) is 5.84 Å². The van der Waals surface area contributed by atoms with Crippen LogP contribution in [0.1, 0.15) is 6.42 Å². The second-order valence-corrected chi connectivity index (χ2v) is 3.06. The average Bonchev–Trinajstić information content (AvgIpc) is 2.74. The van der Waals surface area contributed by atoms with Gasteiger partial charge in [-0.1, -0.05) is 0 Å². The molecule has 1 saturated heterocycles. The van der Waals surface area contributed by atoms with E-state index in [0.717, 1.165) is 5.06 Å². The lowest BCUT2D eigenvalue weighted by atomic mass is 10.3. The number of carbonyl (C=O) groups excluding carboxylic acids is 1. The van der Waals surface area contributed by atoms with Gasteiger partial charge < -0.3 is 10.5 Å². The first-order chi connectivity index (χ1) is 6.74. The number of amidine groups is 1. The van der Waals surface area contributed by atoms with Gasteiger partial charge in [0, 0.05) is 13.0 Å². The number of aliphatic hydroxyl groups is 1. The fourth-order valence-electron chi connectivity index (χ4n) is 1.54. The van der Waals surface area contributed by atoms with Gasteiger partial charge in [-0.2, -0.15) is 10.2 Å². The molecule has 1 atom stereocenters. The third-order valence-corrected chi connectivity index (χ3v) is 2.21. The van der Waals surface area contributed by atoms with E-state index in [4.69, 9.17) is 4.84 Å². The predicted molar refractivity (Wildman–Crippen MR) is 47.0 cm³/mol. The number of nitrogens with zero attached hydrogens (tertiary/aromatic N) is 3. The highest BCUT2D eigenvalue weighted by molar-refractivity contribution is 5.99. The van der Waals surface area contributed by atoms with Crippen LogP contribution in [0.15, 0.2) is 5.10 Å². The molecule has 0 radical (unpaired) electrons. The Morgan fingerprint density at radius 2 is 2.50 bits per heavy atom. The molecule has 2 amide bonds. The molecule has 1 fully saturated rings. The van der Waals surface area contributed by atoms with Crippen molar-refractivity contribution in [2.75, 3.05) is 20.2 Å². The van der Waals surface area contributed by atoms with E-state index in [1.807, 2.05) is 0 Å². The van der Waals surface area contributed by atoms with Gasteiger partial charge in [0.2, 0.25) is 0 Å². The topological polar surface area (TPSA) is 77.4 Å². The highest BCUT2D eigenvalue weighted by atomic mass is 16.7. The quantitative estimate of drug-likeness (QED) is 0.564. The zero-order valence-electron chi connectivity index (χ0n) is 7.80. The summed E-state index contributed by atoms with van der Waals surface area (Å²) in [6, 6.07) is -0.373. The smallest absolute Gasteiger partial charge is 0.351 e. The Labute approximate surface area is 80.9 Å². The molecule has 2 rings (SSSR count). The van der Waals surface area contributed by atoms with E-state index in [2.05, 4.69) is 10.5 Å². The largest absolute Gasteiger partial charge is 0.371 e. The molecule has 0 bridgehead atoms. The average molecular weight is 200 g/mol. The first kappa shape index (κ1) is 9.22. The van der Waals surface area contributed by atoms with Crippen molar-refractivity contribution < 1.29 is 14.7 Å². The van der Waals surface area contributed by atoms with Crippen LogP contribution in [0.25, 0.3) is 0 Å². The van der Waals surface area contributed by atoms with Gasteiger partial charge in [-0.15, -0.1) is 0 Å². The first-order valence-electron chi connectivity index (χ1n) is 4.36. The summed E-state index contributed by atoms with van der Waals surface area (Å²) >= 11 is 0. The van der Waals surface area contributed by atoms with Crippen LogP contribution >= 0.6 is 0 Å². The molecular formula is C7H12N4O3. The lowest BCUT2D eigenvalue weighted by molar-refractivity contribution is -0.0813. The molecule has 0 aliphatic carbocycles. The third-order valence-electron chi connectivity index (χ3n) is 2.21. The van der Waals surface area contributed by atoms with Crippen molar-refractivity contribution in [3.63, 3.8) is 0 Å². The summed E-state index contributed by atoms with van der Waals surface area (Å²) in [6.45, 7) is 0.840. The molecular weight excluding hydrogens is 188 g/mol. The van der Waals surface area contributed by atoms with Crippen LogP contribution in [-0.2, 0) is 4.84 Å². The summed E-state index contributed by atoms with van der Waals surface area (Å²) in [5, 5.41) is 14.6. The van der Waals surface area contributed by atoms with Crippen molar-refractivity contribution in [1.82, 2.24) is 15.4 Å². The molecule has 1 unspecified atom stereocenters. The molecule has 7 heteroatoms. The van der Waals surface area contributed by atoms with E-state index in [1.54, 1.807) is 0 Å². The number of hydrogen-bond acceptors (Lipinski definition) is 5. The summed E-state index contributed by atoms with van der Waals surface area (Å²) in [5.41, 5.74) is 2.75. The number of nitrogens with one attached hydrogen (secondary N) is 1. The van der Waals surface area contributed by atoms with E-state index in [0.29, 0.717) is 18.8 Å². The van der Waals surface area contributed by atoms with Crippen LogP contribution < -0.4 is 5.43 Å². The normalized spacial score (nSPS) is 26.9. The number of hydroxylamine groups is 2. The molecule has 7 nitrogen and oxygen atoms in total. The van der Waals surface area contributed by atoms with Gasteiger partial charge in [-0.3, -0.25) is 4.84 Å². The standard InChI is InChI=1S/C7H12N4O3/c1-14-10-4-6(12)11(7(10)13)5-2-3-8-9-5/h6,8,12H,2-4H2,1H3. The Morgan fingerprint density at radius 3 is 3.00 bits per heavy atom. The van der Waals surface area contributed by atoms with Crippen LogP contribution in [-0.4, -0.2) is 53.4 Å². The molecule has 78 valence electrons. The number of aliphatic hydroxyl groups excluding tert-OH is 1. The fourth-order valence-corrected chi connectivity index (χ4v) is 1.54. The SMILES string of the molecule is CON1CC(O)N(C2=NNCC2)C1=O. The maximum absolute atomic E-state index is 11.6. The number of amides is 2. The van der Waals surface area contributed by atoms with Gasteiger partial charge >= 0.3 is 6.03 Å². The van der Waals surface area contributed by atoms with E-state index in [-0.39, 0.29) is 12.6 Å². The lowest BCUT2D eigenvalue weighted by Crippen LogP contribution is -2.39. The Balaban J connectivity index is 2.15. The summed E-state index contributed by atoms with van der Waals surface area (Å²) in [7, 11) is 1.39. The number of urea groups is 1. The second kappa shape index (κ2) is 3.43. The minimum absolute atomic E-state index is 0.147. The van der Waals surface area contributed by atoms with Crippen molar-refractivity contribution in [2.45, 2.75) is 12.6 Å². The van der Waals surface area contributed by atoms with Crippen LogP contribution in [0.2, 0.25) is 0 Å². The number of rotatable bonds is 1. The van der Waals surface area contributed by atoms with E-state index in [9.17, 15) is 9.90 Å². The Kier molecular flexibility index (Phi) is 2.26.